The van der Waals surface area contributed by atoms with Crippen molar-refractivity contribution in [3.05, 3.63) is 88.3 Å². The lowest BCUT2D eigenvalue weighted by molar-refractivity contribution is 0.0955. The zero-order valence-corrected chi connectivity index (χ0v) is 21.4. The summed E-state index contributed by atoms with van der Waals surface area (Å²) in [6, 6.07) is 20.1. The Hall–Kier alpha value is -3.88. The summed E-state index contributed by atoms with van der Waals surface area (Å²) in [7, 11) is 0. The summed E-state index contributed by atoms with van der Waals surface area (Å²) < 4.78 is 11.2. The van der Waals surface area contributed by atoms with E-state index in [1.54, 1.807) is 18.3 Å². The quantitative estimate of drug-likeness (QED) is 0.178. The number of nitrogens with one attached hydrogen (secondary N) is 2. The van der Waals surface area contributed by atoms with E-state index in [0.717, 1.165) is 27.6 Å². The fourth-order valence-corrected chi connectivity index (χ4v) is 4.16. The minimum Gasteiger partial charge on any atom is -0.490 e. The molecule has 0 atom stereocenters. The maximum atomic E-state index is 12.5. The molecular formula is C27H25ClN4O3S. The number of benzene rings is 3. The van der Waals surface area contributed by atoms with E-state index in [1.165, 1.54) is 11.3 Å². The Morgan fingerprint density at radius 2 is 1.72 bits per heavy atom. The molecule has 0 saturated carbocycles. The Morgan fingerprint density at radius 1 is 1.00 bits per heavy atom. The molecule has 3 aromatic carbocycles. The van der Waals surface area contributed by atoms with Gasteiger partial charge in [0.05, 0.1) is 25.1 Å². The van der Waals surface area contributed by atoms with Crippen LogP contribution in [0.2, 0.25) is 5.02 Å². The molecule has 4 rings (SSSR count). The smallest absolute Gasteiger partial charge is 0.271 e. The predicted molar refractivity (Wildman–Crippen MR) is 146 cm³/mol. The maximum absolute atomic E-state index is 12.5. The van der Waals surface area contributed by atoms with E-state index in [2.05, 4.69) is 20.8 Å². The normalized spacial score (nSPS) is 10.9. The summed E-state index contributed by atoms with van der Waals surface area (Å²) in [6.45, 7) is 4.90. The lowest BCUT2D eigenvalue weighted by atomic mass is 10.1. The summed E-state index contributed by atoms with van der Waals surface area (Å²) in [4.78, 5) is 17.1. The number of nitrogens with zero attached hydrogens (tertiary/aromatic N) is 2. The average molecular weight is 521 g/mol. The Labute approximate surface area is 218 Å². The molecule has 0 radical (unpaired) electrons. The van der Waals surface area contributed by atoms with E-state index in [4.69, 9.17) is 21.1 Å². The monoisotopic (exact) mass is 520 g/mol. The SMILES string of the molecule is CCOc1ccc(/C=N\NC(=O)c2ccc(-c3csc(Nc4ccc(Cl)cc4)n3)cc2)cc1OCC. The van der Waals surface area contributed by atoms with Crippen LogP contribution in [0.15, 0.2) is 77.2 Å². The minimum atomic E-state index is -0.308. The molecule has 9 heteroatoms. The van der Waals surface area contributed by atoms with E-state index in [0.29, 0.717) is 35.3 Å². The van der Waals surface area contributed by atoms with Crippen LogP contribution >= 0.6 is 22.9 Å². The molecule has 0 bridgehead atoms. The van der Waals surface area contributed by atoms with Crippen molar-refractivity contribution in [1.82, 2.24) is 10.4 Å². The largest absolute Gasteiger partial charge is 0.490 e. The van der Waals surface area contributed by atoms with Gasteiger partial charge in [-0.2, -0.15) is 5.10 Å². The number of hydrogen-bond donors (Lipinski definition) is 2. The van der Waals surface area contributed by atoms with Crippen molar-refractivity contribution in [2.75, 3.05) is 18.5 Å². The molecule has 1 aromatic heterocycles. The van der Waals surface area contributed by atoms with Gasteiger partial charge in [0.2, 0.25) is 0 Å². The number of rotatable bonds is 10. The fourth-order valence-electron chi connectivity index (χ4n) is 3.29. The van der Waals surface area contributed by atoms with Crippen LogP contribution in [0, 0.1) is 0 Å². The third-order valence-electron chi connectivity index (χ3n) is 4.99. The van der Waals surface area contributed by atoms with Crippen molar-refractivity contribution in [2.45, 2.75) is 13.8 Å². The third kappa shape index (κ3) is 6.62. The van der Waals surface area contributed by atoms with E-state index >= 15 is 0 Å². The number of anilines is 2. The van der Waals surface area contributed by atoms with Crippen LogP contribution in [0.1, 0.15) is 29.8 Å². The highest BCUT2D eigenvalue weighted by molar-refractivity contribution is 7.14. The van der Waals surface area contributed by atoms with Crippen LogP contribution in [0.5, 0.6) is 11.5 Å². The molecular weight excluding hydrogens is 496 g/mol. The number of carbonyl (C=O) groups excluding carboxylic acids is 1. The number of halogens is 1. The molecule has 2 N–H and O–H groups in total. The molecule has 0 spiro atoms. The van der Waals surface area contributed by atoms with E-state index in [9.17, 15) is 4.79 Å². The molecule has 4 aromatic rings. The highest BCUT2D eigenvalue weighted by Crippen LogP contribution is 2.29. The van der Waals surface area contributed by atoms with E-state index in [-0.39, 0.29) is 5.91 Å². The molecule has 7 nitrogen and oxygen atoms in total. The number of ether oxygens (including phenoxy) is 2. The fraction of sp³-hybridized carbons (Fsp3) is 0.148. The maximum Gasteiger partial charge on any atom is 0.271 e. The summed E-state index contributed by atoms with van der Waals surface area (Å²) in [5, 5.41) is 10.8. The van der Waals surface area contributed by atoms with Gasteiger partial charge in [-0.3, -0.25) is 4.79 Å². The molecule has 184 valence electrons. The summed E-state index contributed by atoms with van der Waals surface area (Å²) in [5.41, 5.74) is 6.47. The Kier molecular flexibility index (Phi) is 8.54. The van der Waals surface area contributed by atoms with Crippen LogP contribution in [-0.2, 0) is 0 Å². The molecule has 36 heavy (non-hydrogen) atoms. The number of hydrogen-bond acceptors (Lipinski definition) is 7. The summed E-state index contributed by atoms with van der Waals surface area (Å²) in [5.74, 6) is 1.00. The van der Waals surface area contributed by atoms with Crippen LogP contribution in [0.25, 0.3) is 11.3 Å². The third-order valence-corrected chi connectivity index (χ3v) is 6.00. The van der Waals surface area contributed by atoms with E-state index in [1.807, 2.05) is 73.8 Å². The molecule has 1 amide bonds. The van der Waals surface area contributed by atoms with E-state index < -0.39 is 0 Å². The van der Waals surface area contributed by atoms with Gasteiger partial charge in [-0.1, -0.05) is 23.7 Å². The van der Waals surface area contributed by atoms with Crippen LogP contribution in [0.4, 0.5) is 10.8 Å². The second-order valence-corrected chi connectivity index (χ2v) is 8.81. The first-order chi connectivity index (χ1) is 17.6. The Bertz CT molecular complexity index is 1340. The second-order valence-electron chi connectivity index (χ2n) is 7.52. The highest BCUT2D eigenvalue weighted by Gasteiger charge is 2.09. The molecule has 0 fully saturated rings. The number of thiazole rings is 1. The van der Waals surface area contributed by atoms with Crippen molar-refractivity contribution in [1.29, 1.82) is 0 Å². The van der Waals surface area contributed by atoms with Gasteiger partial charge in [-0.25, -0.2) is 10.4 Å². The zero-order chi connectivity index (χ0) is 25.3. The first kappa shape index (κ1) is 25.2. The standard InChI is InChI=1S/C27H25ClN4O3S/c1-3-34-24-14-5-18(15-25(24)35-4-2)16-29-32-26(33)20-8-6-19(7-9-20)23-17-36-27(31-23)30-22-12-10-21(28)11-13-22/h5-17H,3-4H2,1-2H3,(H,30,31)(H,32,33)/b29-16-. The molecule has 0 aliphatic rings. The van der Waals surface area contributed by atoms with Gasteiger partial charge in [-0.05, 0) is 74.0 Å². The van der Waals surface area contributed by atoms with Crippen LogP contribution in [-0.4, -0.2) is 30.3 Å². The molecule has 0 aliphatic carbocycles. The minimum absolute atomic E-state index is 0.308. The lowest BCUT2D eigenvalue weighted by Crippen LogP contribution is -2.17. The highest BCUT2D eigenvalue weighted by atomic mass is 35.5. The summed E-state index contributed by atoms with van der Waals surface area (Å²) >= 11 is 7.44. The van der Waals surface area contributed by atoms with Gasteiger partial charge in [0, 0.05) is 27.2 Å². The average Bonchev–Trinajstić information content (AvgIpc) is 3.36. The lowest BCUT2D eigenvalue weighted by Gasteiger charge is -2.11. The van der Waals surface area contributed by atoms with Crippen molar-refractivity contribution in [3.63, 3.8) is 0 Å². The van der Waals surface area contributed by atoms with Crippen molar-refractivity contribution in [3.8, 4) is 22.8 Å². The number of hydrazone groups is 1. The van der Waals surface area contributed by atoms with Gasteiger partial charge >= 0.3 is 0 Å². The topological polar surface area (TPSA) is 84.8 Å². The molecule has 0 saturated heterocycles. The summed E-state index contributed by atoms with van der Waals surface area (Å²) in [6.07, 6.45) is 1.56. The molecule has 0 unspecified atom stereocenters. The Morgan fingerprint density at radius 3 is 2.44 bits per heavy atom. The number of amides is 1. The van der Waals surface area contributed by atoms with Crippen molar-refractivity contribution in [2.24, 2.45) is 5.10 Å². The van der Waals surface area contributed by atoms with Gasteiger partial charge < -0.3 is 14.8 Å². The van der Waals surface area contributed by atoms with Crippen LogP contribution < -0.4 is 20.2 Å². The van der Waals surface area contributed by atoms with Gasteiger partial charge in [0.1, 0.15) is 0 Å². The molecule has 1 heterocycles. The Balaban J connectivity index is 1.36. The number of carbonyl (C=O) groups is 1. The molecule has 0 aliphatic heterocycles. The van der Waals surface area contributed by atoms with Crippen molar-refractivity contribution < 1.29 is 14.3 Å². The predicted octanol–water partition coefficient (Wildman–Crippen LogP) is 6.77. The first-order valence-electron chi connectivity index (χ1n) is 11.4. The number of aromatic nitrogens is 1. The van der Waals surface area contributed by atoms with Gasteiger partial charge in [0.15, 0.2) is 16.6 Å². The van der Waals surface area contributed by atoms with Crippen LogP contribution in [0.3, 0.4) is 0 Å². The first-order valence-corrected chi connectivity index (χ1v) is 12.6. The van der Waals surface area contributed by atoms with Crippen molar-refractivity contribution >= 4 is 45.9 Å². The zero-order valence-electron chi connectivity index (χ0n) is 19.8. The van der Waals surface area contributed by atoms with Gasteiger partial charge in [0.25, 0.3) is 5.91 Å². The second kappa shape index (κ2) is 12.2. The van der Waals surface area contributed by atoms with Gasteiger partial charge in [-0.15, -0.1) is 11.3 Å².